The predicted molar refractivity (Wildman–Crippen MR) is 79.7 cm³/mol. The summed E-state index contributed by atoms with van der Waals surface area (Å²) in [5.41, 5.74) is 6.45. The van der Waals surface area contributed by atoms with Crippen LogP contribution in [0.1, 0.15) is 38.2 Å². The number of nitrogens with zero attached hydrogens (tertiary/aromatic N) is 2. The van der Waals surface area contributed by atoms with Gasteiger partial charge in [-0.25, -0.2) is 0 Å². The Hall–Kier alpha value is -2.04. The van der Waals surface area contributed by atoms with E-state index in [9.17, 15) is 4.79 Å². The molecular formula is C15H23N3O2. The molecule has 1 aromatic carbocycles. The summed E-state index contributed by atoms with van der Waals surface area (Å²) in [6, 6.07) is 9.29. The number of rotatable bonds is 6. The lowest BCUT2D eigenvalue weighted by Crippen LogP contribution is -2.43. The van der Waals surface area contributed by atoms with Crippen molar-refractivity contribution < 1.29 is 10.0 Å². The molecule has 0 spiro atoms. The van der Waals surface area contributed by atoms with E-state index in [1.165, 1.54) is 0 Å². The highest BCUT2D eigenvalue weighted by Crippen LogP contribution is 2.21. The van der Waals surface area contributed by atoms with Crippen molar-refractivity contribution in [2.45, 2.75) is 38.6 Å². The van der Waals surface area contributed by atoms with Crippen LogP contribution < -0.4 is 5.73 Å². The smallest absolute Gasteiger partial charge is 0.237 e. The Morgan fingerprint density at radius 2 is 1.85 bits per heavy atom. The standard InChI is InChI=1S/C15H23N3O2/c1-4-12(5-2)18(3)15(19)13(14(16)17-20)11-9-7-6-8-10-11/h6-10,12-13,20H,4-5H2,1-3H3,(H2,16,17). The Balaban J connectivity index is 3.10. The first-order valence-corrected chi connectivity index (χ1v) is 6.85. The molecule has 0 saturated carbocycles. The fraction of sp³-hybridized carbons (Fsp3) is 0.467. The van der Waals surface area contributed by atoms with Gasteiger partial charge < -0.3 is 15.8 Å². The molecule has 1 amide bonds. The zero-order valence-electron chi connectivity index (χ0n) is 12.3. The van der Waals surface area contributed by atoms with Crippen molar-refractivity contribution in [3.05, 3.63) is 35.9 Å². The highest BCUT2D eigenvalue weighted by molar-refractivity contribution is 6.07. The van der Waals surface area contributed by atoms with Gasteiger partial charge in [0.15, 0.2) is 5.84 Å². The molecule has 0 aromatic heterocycles. The van der Waals surface area contributed by atoms with E-state index in [-0.39, 0.29) is 17.8 Å². The van der Waals surface area contributed by atoms with Crippen LogP contribution in [0.4, 0.5) is 0 Å². The molecule has 1 aromatic rings. The number of hydrogen-bond donors (Lipinski definition) is 2. The molecule has 0 heterocycles. The maximum atomic E-state index is 12.7. The summed E-state index contributed by atoms with van der Waals surface area (Å²) in [6.07, 6.45) is 1.74. The van der Waals surface area contributed by atoms with Crippen LogP contribution in [0.3, 0.4) is 0 Å². The van der Waals surface area contributed by atoms with E-state index in [4.69, 9.17) is 10.9 Å². The van der Waals surface area contributed by atoms with Gasteiger partial charge in [0.1, 0.15) is 5.92 Å². The SMILES string of the molecule is CCC(CC)N(C)C(=O)C(C(N)=NO)c1ccccc1. The normalized spacial score (nSPS) is 13.3. The van der Waals surface area contributed by atoms with Crippen molar-refractivity contribution in [1.29, 1.82) is 0 Å². The van der Waals surface area contributed by atoms with Crippen LogP contribution in [-0.2, 0) is 4.79 Å². The lowest BCUT2D eigenvalue weighted by Gasteiger charge is -2.29. The first-order chi connectivity index (χ1) is 9.56. The van der Waals surface area contributed by atoms with Crippen LogP contribution in [0.15, 0.2) is 35.5 Å². The van der Waals surface area contributed by atoms with Crippen molar-refractivity contribution in [3.8, 4) is 0 Å². The van der Waals surface area contributed by atoms with E-state index in [1.54, 1.807) is 24.1 Å². The highest BCUT2D eigenvalue weighted by Gasteiger charge is 2.30. The van der Waals surface area contributed by atoms with Gasteiger partial charge in [-0.2, -0.15) is 0 Å². The number of oxime groups is 1. The molecule has 0 aliphatic rings. The number of benzene rings is 1. The van der Waals surface area contributed by atoms with Gasteiger partial charge in [0, 0.05) is 13.1 Å². The van der Waals surface area contributed by atoms with E-state index in [0.717, 1.165) is 18.4 Å². The van der Waals surface area contributed by atoms with Gasteiger partial charge in [-0.1, -0.05) is 49.3 Å². The Morgan fingerprint density at radius 3 is 2.30 bits per heavy atom. The number of amidine groups is 1. The van der Waals surface area contributed by atoms with Crippen molar-refractivity contribution in [2.24, 2.45) is 10.9 Å². The fourth-order valence-corrected chi connectivity index (χ4v) is 2.36. The highest BCUT2D eigenvalue weighted by atomic mass is 16.4. The molecule has 110 valence electrons. The van der Waals surface area contributed by atoms with Crippen molar-refractivity contribution >= 4 is 11.7 Å². The molecule has 3 N–H and O–H groups in total. The molecule has 0 saturated heterocycles. The summed E-state index contributed by atoms with van der Waals surface area (Å²) in [7, 11) is 1.76. The van der Waals surface area contributed by atoms with Gasteiger partial charge >= 0.3 is 0 Å². The monoisotopic (exact) mass is 277 g/mol. The van der Waals surface area contributed by atoms with Gasteiger partial charge in [-0.3, -0.25) is 4.79 Å². The van der Waals surface area contributed by atoms with E-state index in [1.807, 2.05) is 32.0 Å². The molecule has 5 nitrogen and oxygen atoms in total. The third-order valence-corrected chi connectivity index (χ3v) is 3.63. The molecule has 0 bridgehead atoms. The quantitative estimate of drug-likeness (QED) is 0.362. The number of amides is 1. The van der Waals surface area contributed by atoms with Crippen LogP contribution in [0.2, 0.25) is 0 Å². The van der Waals surface area contributed by atoms with Gasteiger partial charge in [0.05, 0.1) is 0 Å². The van der Waals surface area contributed by atoms with Gasteiger partial charge in [0.25, 0.3) is 0 Å². The van der Waals surface area contributed by atoms with E-state index >= 15 is 0 Å². The Kier molecular flexibility index (Phi) is 6.03. The number of likely N-dealkylation sites (N-methyl/N-ethyl adjacent to an activating group) is 1. The molecule has 1 unspecified atom stereocenters. The fourth-order valence-electron chi connectivity index (χ4n) is 2.36. The van der Waals surface area contributed by atoms with Gasteiger partial charge in [-0.15, -0.1) is 0 Å². The molecular weight excluding hydrogens is 254 g/mol. The van der Waals surface area contributed by atoms with Crippen molar-refractivity contribution in [2.75, 3.05) is 7.05 Å². The van der Waals surface area contributed by atoms with Crippen LogP contribution in [-0.4, -0.2) is 34.9 Å². The van der Waals surface area contributed by atoms with Crippen molar-refractivity contribution in [1.82, 2.24) is 4.90 Å². The molecule has 5 heteroatoms. The molecule has 0 aliphatic heterocycles. The first-order valence-electron chi connectivity index (χ1n) is 6.85. The summed E-state index contributed by atoms with van der Waals surface area (Å²) < 4.78 is 0. The first kappa shape index (κ1) is 16.0. The summed E-state index contributed by atoms with van der Waals surface area (Å²) in [5.74, 6) is -0.981. The molecule has 20 heavy (non-hydrogen) atoms. The number of carbonyl (C=O) groups excluding carboxylic acids is 1. The second-order valence-electron chi connectivity index (χ2n) is 4.79. The van der Waals surface area contributed by atoms with E-state index in [2.05, 4.69) is 5.16 Å². The second-order valence-corrected chi connectivity index (χ2v) is 4.79. The summed E-state index contributed by atoms with van der Waals surface area (Å²) in [5, 5.41) is 12.0. The summed E-state index contributed by atoms with van der Waals surface area (Å²) in [6.45, 7) is 4.08. The predicted octanol–water partition coefficient (Wildman–Crippen LogP) is 2.16. The maximum absolute atomic E-state index is 12.7. The molecule has 1 rings (SSSR count). The van der Waals surface area contributed by atoms with Crippen molar-refractivity contribution in [3.63, 3.8) is 0 Å². The molecule has 0 aliphatic carbocycles. The topological polar surface area (TPSA) is 78.9 Å². The van der Waals surface area contributed by atoms with Crippen LogP contribution in [0.5, 0.6) is 0 Å². The average molecular weight is 277 g/mol. The van der Waals surface area contributed by atoms with Crippen LogP contribution >= 0.6 is 0 Å². The zero-order chi connectivity index (χ0) is 15.1. The number of hydrogen-bond acceptors (Lipinski definition) is 3. The van der Waals surface area contributed by atoms with E-state index < -0.39 is 5.92 Å². The van der Waals surface area contributed by atoms with Crippen LogP contribution in [0.25, 0.3) is 0 Å². The number of nitrogens with two attached hydrogens (primary N) is 1. The minimum Gasteiger partial charge on any atom is -0.409 e. The third-order valence-electron chi connectivity index (χ3n) is 3.63. The second kappa shape index (κ2) is 7.53. The summed E-state index contributed by atoms with van der Waals surface area (Å²) in [4.78, 5) is 14.3. The summed E-state index contributed by atoms with van der Waals surface area (Å²) >= 11 is 0. The Bertz CT molecular complexity index is 455. The van der Waals surface area contributed by atoms with Gasteiger partial charge in [-0.05, 0) is 18.4 Å². The van der Waals surface area contributed by atoms with E-state index in [0.29, 0.717) is 0 Å². The van der Waals surface area contributed by atoms with Gasteiger partial charge in [0.2, 0.25) is 5.91 Å². The number of carbonyl (C=O) groups is 1. The minimum atomic E-state index is -0.744. The van der Waals surface area contributed by atoms with Crippen LogP contribution in [0, 0.1) is 0 Å². The maximum Gasteiger partial charge on any atom is 0.237 e. The zero-order valence-corrected chi connectivity index (χ0v) is 12.3. The average Bonchev–Trinajstić information content (AvgIpc) is 2.49. The Morgan fingerprint density at radius 1 is 1.30 bits per heavy atom. The molecule has 1 atom stereocenters. The molecule has 0 fully saturated rings. The Labute approximate surface area is 120 Å². The lowest BCUT2D eigenvalue weighted by atomic mass is 9.95. The third kappa shape index (κ3) is 3.50. The minimum absolute atomic E-state index is 0.0843. The molecule has 0 radical (unpaired) electrons. The lowest BCUT2D eigenvalue weighted by molar-refractivity contribution is -0.132. The largest absolute Gasteiger partial charge is 0.409 e.